The highest BCUT2D eigenvalue weighted by Gasteiger charge is 2.33. The normalized spacial score (nSPS) is 14.4. The summed E-state index contributed by atoms with van der Waals surface area (Å²) in [5, 5.41) is 11.8. The lowest BCUT2D eigenvalue weighted by molar-refractivity contribution is -0.384. The Bertz CT molecular complexity index is 1510. The molecule has 1 aliphatic heterocycles. The van der Waals surface area contributed by atoms with Crippen molar-refractivity contribution in [2.24, 2.45) is 0 Å². The second kappa shape index (κ2) is 10.5. The zero-order valence-electron chi connectivity index (χ0n) is 19.9. The highest BCUT2D eigenvalue weighted by atomic mass is 127. The first-order valence-corrected chi connectivity index (χ1v) is 13.5. The molecule has 0 bridgehead atoms. The van der Waals surface area contributed by atoms with Gasteiger partial charge in [0.2, 0.25) is 0 Å². The number of amides is 1. The number of anilines is 1. The van der Waals surface area contributed by atoms with Crippen LogP contribution >= 0.6 is 34.2 Å². The van der Waals surface area contributed by atoms with Gasteiger partial charge in [0.15, 0.2) is 0 Å². The summed E-state index contributed by atoms with van der Waals surface area (Å²) >= 11 is 9.08. The number of nitro benzene ring substituents is 1. The van der Waals surface area contributed by atoms with Crippen molar-refractivity contribution >= 4 is 51.5 Å². The van der Waals surface area contributed by atoms with Gasteiger partial charge >= 0.3 is 0 Å². The Balaban J connectivity index is 1.75. The molecule has 5 rings (SSSR count). The third kappa shape index (κ3) is 4.81. The van der Waals surface area contributed by atoms with Gasteiger partial charge in [-0.3, -0.25) is 14.9 Å². The van der Waals surface area contributed by atoms with E-state index < -0.39 is 4.92 Å². The maximum absolute atomic E-state index is 13.9. The average Bonchev–Trinajstić information content (AvgIpc) is 3.06. The van der Waals surface area contributed by atoms with E-state index in [0.29, 0.717) is 22.9 Å². The van der Waals surface area contributed by atoms with E-state index in [2.05, 4.69) is 28.7 Å². The minimum absolute atomic E-state index is 0.0617. The summed E-state index contributed by atoms with van der Waals surface area (Å²) in [6.45, 7) is 0.305. The summed E-state index contributed by atoms with van der Waals surface area (Å²) in [5.41, 5.74) is 6.12. The molecule has 37 heavy (non-hydrogen) atoms. The van der Waals surface area contributed by atoms with Crippen LogP contribution < -0.4 is 9.64 Å². The number of nitro groups is 1. The lowest BCUT2D eigenvalue weighted by Gasteiger charge is -2.25. The molecule has 1 unspecified atom stereocenters. The van der Waals surface area contributed by atoms with E-state index >= 15 is 0 Å². The van der Waals surface area contributed by atoms with Gasteiger partial charge in [0.25, 0.3) is 11.6 Å². The minimum Gasteiger partial charge on any atom is -0.497 e. The molecule has 0 saturated carbocycles. The Labute approximate surface area is 233 Å². The van der Waals surface area contributed by atoms with Crippen LogP contribution in [-0.4, -0.2) is 17.9 Å². The number of nitrogens with zero attached hydrogens (tertiary/aromatic N) is 2. The summed E-state index contributed by atoms with van der Waals surface area (Å²) in [7, 11) is 1.62. The fourth-order valence-electron chi connectivity index (χ4n) is 4.82. The van der Waals surface area contributed by atoms with E-state index in [4.69, 9.17) is 16.3 Å². The molecule has 8 heteroatoms. The van der Waals surface area contributed by atoms with Gasteiger partial charge in [0.05, 0.1) is 18.6 Å². The van der Waals surface area contributed by atoms with Crippen LogP contribution in [0.4, 0.5) is 11.4 Å². The van der Waals surface area contributed by atoms with Crippen LogP contribution in [0, 0.1) is 10.1 Å². The van der Waals surface area contributed by atoms with Crippen LogP contribution in [0.15, 0.2) is 84.9 Å². The molecule has 0 aliphatic carbocycles. The number of rotatable bonds is 5. The maximum Gasteiger partial charge on any atom is 0.269 e. The molecule has 0 radical (unpaired) electrons. The molecule has 1 amide bonds. The Morgan fingerprint density at radius 3 is 2.46 bits per heavy atom. The number of alkyl halides is 1. The van der Waals surface area contributed by atoms with Crippen molar-refractivity contribution in [1.29, 1.82) is 0 Å². The molecule has 0 aromatic heterocycles. The molecule has 1 atom stereocenters. The largest absolute Gasteiger partial charge is 0.497 e. The summed E-state index contributed by atoms with van der Waals surface area (Å²) in [4.78, 5) is 26.3. The number of non-ortho nitro benzene ring substituents is 1. The van der Waals surface area contributed by atoms with E-state index in [0.717, 1.165) is 37.9 Å². The predicted molar refractivity (Wildman–Crippen MR) is 153 cm³/mol. The van der Waals surface area contributed by atoms with Crippen LogP contribution in [0.5, 0.6) is 5.75 Å². The molecule has 0 spiro atoms. The molecule has 4 aromatic carbocycles. The van der Waals surface area contributed by atoms with E-state index in [-0.39, 0.29) is 17.5 Å². The molecular weight excluding hydrogens is 603 g/mol. The van der Waals surface area contributed by atoms with Crippen LogP contribution in [-0.2, 0) is 11.0 Å². The monoisotopic (exact) mass is 624 g/mol. The molecule has 6 nitrogen and oxygen atoms in total. The number of methoxy groups -OCH3 is 1. The van der Waals surface area contributed by atoms with Gasteiger partial charge in [-0.05, 0) is 64.2 Å². The van der Waals surface area contributed by atoms with Crippen molar-refractivity contribution < 1.29 is 14.5 Å². The van der Waals surface area contributed by atoms with Crippen LogP contribution in [0.2, 0.25) is 5.02 Å². The Hall–Kier alpha value is -3.43. The smallest absolute Gasteiger partial charge is 0.269 e. The van der Waals surface area contributed by atoms with Gasteiger partial charge in [0, 0.05) is 38.8 Å². The lowest BCUT2D eigenvalue weighted by atomic mass is 9.82. The molecule has 0 fully saturated rings. The SMILES string of the molecule is COc1ccc2c(c1)CN(C(=O)c1ccc([N+](=O)[O-])cc1)c1ccc(CI)cc1C2c1ccccc1Cl. The molecule has 0 saturated heterocycles. The molecule has 0 N–H and O–H groups in total. The zero-order valence-corrected chi connectivity index (χ0v) is 22.8. The quantitative estimate of drug-likeness (QED) is 0.0996. The van der Waals surface area contributed by atoms with Gasteiger partial charge in [-0.15, -0.1) is 0 Å². The molecule has 1 aliphatic rings. The van der Waals surface area contributed by atoms with Crippen LogP contribution in [0.3, 0.4) is 0 Å². The number of halogens is 2. The third-order valence-electron chi connectivity index (χ3n) is 6.62. The Kier molecular flexibility index (Phi) is 7.17. The van der Waals surface area contributed by atoms with E-state index in [1.54, 1.807) is 12.0 Å². The fourth-order valence-corrected chi connectivity index (χ4v) is 5.54. The molecule has 4 aromatic rings. The van der Waals surface area contributed by atoms with Crippen molar-refractivity contribution in [3.63, 3.8) is 0 Å². The first kappa shape index (κ1) is 25.2. The number of hydrogen-bond acceptors (Lipinski definition) is 4. The topological polar surface area (TPSA) is 72.7 Å². The zero-order chi connectivity index (χ0) is 26.1. The minimum atomic E-state index is -0.474. The van der Waals surface area contributed by atoms with Gasteiger partial charge in [-0.2, -0.15) is 0 Å². The molecule has 186 valence electrons. The van der Waals surface area contributed by atoms with Gasteiger partial charge in [-0.1, -0.05) is 70.6 Å². The molecular formula is C29H22ClIN2O4. The average molecular weight is 625 g/mol. The van der Waals surface area contributed by atoms with Crippen LogP contribution in [0.25, 0.3) is 0 Å². The van der Waals surface area contributed by atoms with Gasteiger partial charge < -0.3 is 9.64 Å². The first-order valence-electron chi connectivity index (χ1n) is 11.6. The second-order valence-electron chi connectivity index (χ2n) is 8.74. The maximum atomic E-state index is 13.9. The Morgan fingerprint density at radius 2 is 1.78 bits per heavy atom. The number of carbonyl (C=O) groups excluding carboxylic acids is 1. The summed E-state index contributed by atoms with van der Waals surface area (Å²) in [6.07, 6.45) is 0. The number of hydrogen-bond donors (Lipinski definition) is 0. The lowest BCUT2D eigenvalue weighted by Crippen LogP contribution is -2.30. The predicted octanol–water partition coefficient (Wildman–Crippen LogP) is 7.53. The van der Waals surface area contributed by atoms with Gasteiger partial charge in [0.1, 0.15) is 5.75 Å². The van der Waals surface area contributed by atoms with Crippen molar-refractivity contribution in [3.05, 3.63) is 133 Å². The van der Waals surface area contributed by atoms with Crippen molar-refractivity contribution in [1.82, 2.24) is 0 Å². The Morgan fingerprint density at radius 1 is 1.03 bits per heavy atom. The summed E-state index contributed by atoms with van der Waals surface area (Å²) in [6, 6.07) is 25.6. The van der Waals surface area contributed by atoms with Crippen molar-refractivity contribution in [2.75, 3.05) is 12.0 Å². The molecule has 1 heterocycles. The highest BCUT2D eigenvalue weighted by Crippen LogP contribution is 2.46. The number of carbonyl (C=O) groups is 1. The summed E-state index contributed by atoms with van der Waals surface area (Å²) in [5.74, 6) is 0.243. The standard InChI is InChI=1S/C29H22ClIN2O4/c1-37-22-11-12-23-20(15-22)17-32(29(34)19-7-9-21(10-8-19)33(35)36)27-13-6-18(16-31)14-25(27)28(23)24-4-2-3-5-26(24)30/h2-15,28H,16-17H2,1H3. The van der Waals surface area contributed by atoms with Gasteiger partial charge in [-0.25, -0.2) is 0 Å². The number of fused-ring (bicyclic) bond motifs is 2. The highest BCUT2D eigenvalue weighted by molar-refractivity contribution is 14.1. The third-order valence-corrected chi connectivity index (χ3v) is 7.85. The first-order chi connectivity index (χ1) is 17.9. The van der Waals surface area contributed by atoms with E-state index in [1.165, 1.54) is 24.3 Å². The van der Waals surface area contributed by atoms with E-state index in [1.807, 2.05) is 54.6 Å². The van der Waals surface area contributed by atoms with Crippen LogP contribution in [0.1, 0.15) is 44.1 Å². The number of benzene rings is 4. The van der Waals surface area contributed by atoms with Crippen molar-refractivity contribution in [2.45, 2.75) is 16.9 Å². The summed E-state index contributed by atoms with van der Waals surface area (Å²) < 4.78 is 6.33. The fraction of sp³-hybridized carbons (Fsp3) is 0.138. The van der Waals surface area contributed by atoms with E-state index in [9.17, 15) is 14.9 Å². The van der Waals surface area contributed by atoms with Crippen molar-refractivity contribution in [3.8, 4) is 5.75 Å². The number of ether oxygens (including phenoxy) is 1. The second-order valence-corrected chi connectivity index (χ2v) is 9.91.